The third-order valence-corrected chi connectivity index (χ3v) is 7.88. The highest BCUT2D eigenvalue weighted by molar-refractivity contribution is 6.09. The summed E-state index contributed by atoms with van der Waals surface area (Å²) in [5, 5.41) is 0. The highest BCUT2D eigenvalue weighted by Gasteiger charge is 2.30. The summed E-state index contributed by atoms with van der Waals surface area (Å²) in [5.41, 5.74) is 2.29. The lowest BCUT2D eigenvalue weighted by Gasteiger charge is -2.32. The first-order valence-corrected chi connectivity index (χ1v) is 13.9. The number of Topliss-reactive ketones (excluding diaryl/α,β-unsaturated/α-hetero) is 1. The van der Waals surface area contributed by atoms with Gasteiger partial charge < -0.3 is 14.4 Å². The first-order chi connectivity index (χ1) is 17.2. The molecule has 0 spiro atoms. The number of piperidine rings is 1. The molecule has 5 heteroatoms. The molecule has 1 aromatic carbocycles. The molecule has 0 atom stereocenters. The molecular formula is C30H43N3O2. The molecule has 1 saturated heterocycles. The zero-order valence-corrected chi connectivity index (χ0v) is 21.6. The zero-order valence-electron chi connectivity index (χ0n) is 21.6. The van der Waals surface area contributed by atoms with E-state index in [0.717, 1.165) is 37.4 Å². The van der Waals surface area contributed by atoms with Crippen molar-refractivity contribution in [2.75, 3.05) is 26.2 Å². The minimum absolute atomic E-state index is 0.0132. The maximum atomic E-state index is 13.4. The predicted octanol–water partition coefficient (Wildman–Crippen LogP) is 6.18. The number of aryl methyl sites for hydroxylation is 1. The van der Waals surface area contributed by atoms with Gasteiger partial charge in [-0.1, -0.05) is 69.4 Å². The average Bonchev–Trinajstić information content (AvgIpc) is 3.27. The van der Waals surface area contributed by atoms with E-state index in [1.807, 2.05) is 52.1 Å². The number of likely N-dealkylation sites (tertiary alicyclic amines) is 1. The molecule has 4 rings (SSSR count). The number of benzene rings is 1. The number of aromatic nitrogens is 1. The van der Waals surface area contributed by atoms with E-state index in [1.165, 1.54) is 58.0 Å². The summed E-state index contributed by atoms with van der Waals surface area (Å²) in [7, 11) is 0. The summed E-state index contributed by atoms with van der Waals surface area (Å²) < 4.78 is 2.03. The van der Waals surface area contributed by atoms with Gasteiger partial charge in [-0.2, -0.15) is 0 Å². The fourth-order valence-corrected chi connectivity index (χ4v) is 5.68. The number of carbonyl (C=O) groups excluding carboxylic acids is 2. The van der Waals surface area contributed by atoms with E-state index in [0.29, 0.717) is 30.8 Å². The number of ketones is 1. The number of nitrogens with zero attached hydrogens (tertiary/aromatic N) is 3. The first-order valence-electron chi connectivity index (χ1n) is 13.9. The van der Waals surface area contributed by atoms with Crippen LogP contribution in [0.4, 0.5) is 0 Å². The van der Waals surface area contributed by atoms with Crippen LogP contribution in [-0.4, -0.2) is 52.2 Å². The van der Waals surface area contributed by atoms with E-state index in [1.54, 1.807) is 0 Å². The molecule has 2 aliphatic heterocycles. The van der Waals surface area contributed by atoms with Crippen LogP contribution < -0.4 is 0 Å². The maximum absolute atomic E-state index is 13.4. The van der Waals surface area contributed by atoms with Gasteiger partial charge >= 0.3 is 0 Å². The van der Waals surface area contributed by atoms with Crippen LogP contribution in [0.2, 0.25) is 0 Å². The van der Waals surface area contributed by atoms with Crippen molar-refractivity contribution in [1.29, 1.82) is 0 Å². The maximum Gasteiger partial charge on any atom is 0.271 e. The van der Waals surface area contributed by atoms with Crippen molar-refractivity contribution in [2.45, 2.75) is 84.2 Å². The highest BCUT2D eigenvalue weighted by Crippen LogP contribution is 2.24. The third-order valence-electron chi connectivity index (χ3n) is 7.88. The fraction of sp³-hybridized carbons (Fsp3) is 0.600. The Bertz CT molecular complexity index is 944. The number of hydrogen-bond acceptors (Lipinski definition) is 3. The van der Waals surface area contributed by atoms with E-state index in [2.05, 4.69) is 11.8 Å². The van der Waals surface area contributed by atoms with Crippen LogP contribution in [0.1, 0.15) is 97.5 Å². The van der Waals surface area contributed by atoms with Crippen LogP contribution in [0.25, 0.3) is 0 Å². The van der Waals surface area contributed by atoms with Gasteiger partial charge in [0.05, 0.1) is 0 Å². The molecule has 2 aliphatic rings. The second-order valence-electron chi connectivity index (χ2n) is 10.5. The molecule has 0 radical (unpaired) electrons. The molecule has 3 heterocycles. The van der Waals surface area contributed by atoms with Gasteiger partial charge in [0.1, 0.15) is 5.69 Å². The molecule has 0 aliphatic carbocycles. The van der Waals surface area contributed by atoms with Crippen molar-refractivity contribution in [3.05, 3.63) is 59.4 Å². The number of unbranched alkanes of at least 4 members (excludes halogenated alkanes) is 4. The summed E-state index contributed by atoms with van der Waals surface area (Å²) in [6.07, 6.45) is 14.1. The Balaban J connectivity index is 1.25. The largest absolute Gasteiger partial charge is 0.343 e. The number of rotatable bonds is 12. The van der Waals surface area contributed by atoms with Gasteiger partial charge in [0.25, 0.3) is 5.91 Å². The van der Waals surface area contributed by atoms with Crippen LogP contribution in [0.3, 0.4) is 0 Å². The topological polar surface area (TPSA) is 45.6 Å². The second kappa shape index (κ2) is 13.1. The molecule has 2 aromatic rings. The normalized spacial score (nSPS) is 17.6. The lowest BCUT2D eigenvalue weighted by Crippen LogP contribution is -2.34. The molecular weight excluding hydrogens is 434 g/mol. The minimum atomic E-state index is -0.0132. The van der Waals surface area contributed by atoms with Crippen molar-refractivity contribution in [3.8, 4) is 0 Å². The van der Waals surface area contributed by atoms with Gasteiger partial charge in [-0.25, -0.2) is 0 Å². The van der Waals surface area contributed by atoms with E-state index in [-0.39, 0.29) is 11.7 Å². The molecule has 5 nitrogen and oxygen atoms in total. The van der Waals surface area contributed by atoms with E-state index in [4.69, 9.17) is 0 Å². The quantitative estimate of drug-likeness (QED) is 0.343. The molecule has 1 fully saturated rings. The monoisotopic (exact) mass is 477 g/mol. The fourth-order valence-electron chi connectivity index (χ4n) is 5.68. The van der Waals surface area contributed by atoms with Gasteiger partial charge in [0.2, 0.25) is 0 Å². The van der Waals surface area contributed by atoms with Gasteiger partial charge in [-0.05, 0) is 62.9 Å². The number of fused-ring (bicyclic) bond motifs is 1. The summed E-state index contributed by atoms with van der Waals surface area (Å²) in [4.78, 5) is 30.6. The Hall–Kier alpha value is -2.40. The molecule has 0 bridgehead atoms. The van der Waals surface area contributed by atoms with Gasteiger partial charge in [-0.3, -0.25) is 9.59 Å². The Morgan fingerprint density at radius 2 is 1.63 bits per heavy atom. The van der Waals surface area contributed by atoms with Crippen molar-refractivity contribution in [3.63, 3.8) is 0 Å². The zero-order chi connectivity index (χ0) is 24.5. The molecule has 0 unspecified atom stereocenters. The van der Waals surface area contributed by atoms with E-state index < -0.39 is 0 Å². The Morgan fingerprint density at radius 3 is 2.40 bits per heavy atom. The Labute approximate surface area is 211 Å². The number of hydrogen-bond donors (Lipinski definition) is 0. The molecule has 190 valence electrons. The van der Waals surface area contributed by atoms with Crippen LogP contribution in [-0.2, 0) is 13.1 Å². The van der Waals surface area contributed by atoms with Gasteiger partial charge in [-0.15, -0.1) is 0 Å². The van der Waals surface area contributed by atoms with Gasteiger partial charge in [0.15, 0.2) is 5.78 Å². The molecule has 1 amide bonds. The second-order valence-corrected chi connectivity index (χ2v) is 10.5. The summed E-state index contributed by atoms with van der Waals surface area (Å²) in [5.74, 6) is 1.00. The van der Waals surface area contributed by atoms with Crippen LogP contribution in [0.15, 0.2) is 42.6 Å². The van der Waals surface area contributed by atoms with Crippen LogP contribution >= 0.6 is 0 Å². The Kier molecular flexibility index (Phi) is 9.58. The molecule has 0 N–H and O–H groups in total. The Morgan fingerprint density at radius 1 is 0.857 bits per heavy atom. The smallest absolute Gasteiger partial charge is 0.271 e. The summed E-state index contributed by atoms with van der Waals surface area (Å²) in [6.45, 7) is 7.71. The summed E-state index contributed by atoms with van der Waals surface area (Å²) in [6, 6.07) is 11.9. The lowest BCUT2D eigenvalue weighted by molar-refractivity contribution is 0.0735. The van der Waals surface area contributed by atoms with Crippen molar-refractivity contribution < 1.29 is 9.59 Å². The predicted molar refractivity (Wildman–Crippen MR) is 142 cm³/mol. The number of amides is 1. The van der Waals surface area contributed by atoms with E-state index >= 15 is 0 Å². The third kappa shape index (κ3) is 7.07. The van der Waals surface area contributed by atoms with Crippen LogP contribution in [0.5, 0.6) is 0 Å². The SMILES string of the molecule is CCCCCCC1CCN(CCCCn2ccc3c2C(=O)N(Cc2ccccc2)CCC3=O)CC1. The van der Waals surface area contributed by atoms with Crippen molar-refractivity contribution in [1.82, 2.24) is 14.4 Å². The standard InChI is InChI=1S/C30H43N3O2/c1-2-3-4-6-11-25-14-20-31(21-15-25)18-9-10-19-32-22-16-27-28(34)17-23-33(30(35)29(27)32)24-26-12-7-5-8-13-26/h5,7-8,12-13,16,22,25H,2-4,6,9-11,14-15,17-21,23-24H2,1H3. The lowest BCUT2D eigenvalue weighted by atomic mass is 9.91. The highest BCUT2D eigenvalue weighted by atomic mass is 16.2. The van der Waals surface area contributed by atoms with E-state index in [9.17, 15) is 9.59 Å². The molecule has 1 aromatic heterocycles. The first kappa shape index (κ1) is 25.7. The van der Waals surface area contributed by atoms with Crippen molar-refractivity contribution >= 4 is 11.7 Å². The molecule has 35 heavy (non-hydrogen) atoms. The van der Waals surface area contributed by atoms with Gasteiger partial charge in [0, 0.05) is 37.8 Å². The minimum Gasteiger partial charge on any atom is -0.343 e. The van der Waals surface area contributed by atoms with Crippen LogP contribution in [0, 0.1) is 5.92 Å². The molecule has 0 saturated carbocycles. The average molecular weight is 478 g/mol. The van der Waals surface area contributed by atoms with Crippen molar-refractivity contribution in [2.24, 2.45) is 5.92 Å². The number of carbonyl (C=O) groups is 2. The summed E-state index contributed by atoms with van der Waals surface area (Å²) >= 11 is 0.